The van der Waals surface area contributed by atoms with Gasteiger partial charge in [0, 0.05) is 38.8 Å². The Hall–Kier alpha value is -0.820. The minimum absolute atomic E-state index is 0. The van der Waals surface area contributed by atoms with Crippen molar-refractivity contribution in [1.82, 2.24) is 10.2 Å². The molecule has 0 amide bonds. The molecule has 1 aromatic carbocycles. The molecule has 3 nitrogen and oxygen atoms in total. The van der Waals surface area contributed by atoms with Gasteiger partial charge < -0.3 is 10.4 Å². The highest BCUT2D eigenvalue weighted by molar-refractivity contribution is 5.85. The van der Waals surface area contributed by atoms with Crippen LogP contribution in [-0.2, 0) is 6.18 Å². The molecule has 1 fully saturated rings. The molecule has 0 spiro atoms. The second kappa shape index (κ2) is 8.72. The van der Waals surface area contributed by atoms with E-state index in [2.05, 4.69) is 10.2 Å². The Bertz CT molecular complexity index is 451. The number of halogens is 4. The van der Waals surface area contributed by atoms with Crippen LogP contribution in [0.15, 0.2) is 24.3 Å². The summed E-state index contributed by atoms with van der Waals surface area (Å²) < 4.78 is 39.7. The lowest BCUT2D eigenvalue weighted by Crippen LogP contribution is -2.45. The Labute approximate surface area is 134 Å². The summed E-state index contributed by atoms with van der Waals surface area (Å²) in [6.45, 7) is 3.01. The van der Waals surface area contributed by atoms with E-state index in [1.807, 2.05) is 0 Å². The van der Waals surface area contributed by atoms with E-state index < -0.39 is 11.7 Å². The van der Waals surface area contributed by atoms with E-state index in [9.17, 15) is 13.2 Å². The van der Waals surface area contributed by atoms with Crippen LogP contribution < -0.4 is 5.32 Å². The molecule has 126 valence electrons. The predicted octanol–water partition coefficient (Wildman–Crippen LogP) is 2.85. The Morgan fingerprint density at radius 3 is 2.41 bits per heavy atom. The van der Waals surface area contributed by atoms with Gasteiger partial charge >= 0.3 is 6.18 Å². The zero-order chi connectivity index (χ0) is 15.3. The van der Waals surface area contributed by atoms with Crippen molar-refractivity contribution in [2.24, 2.45) is 0 Å². The predicted molar refractivity (Wildman–Crippen MR) is 82.2 cm³/mol. The monoisotopic (exact) mass is 338 g/mol. The van der Waals surface area contributed by atoms with Crippen LogP contribution in [-0.4, -0.2) is 42.8 Å². The number of rotatable bonds is 5. The average Bonchev–Trinajstić information content (AvgIpc) is 2.48. The first-order chi connectivity index (χ1) is 10.0. The molecule has 2 rings (SSSR count). The maximum Gasteiger partial charge on any atom is 0.416 e. The number of aliphatic hydroxyl groups excluding tert-OH is 1. The van der Waals surface area contributed by atoms with Crippen molar-refractivity contribution in [2.45, 2.75) is 25.1 Å². The van der Waals surface area contributed by atoms with Gasteiger partial charge in [-0.2, -0.15) is 13.2 Å². The number of nitrogens with one attached hydrogen (secondary N) is 1. The van der Waals surface area contributed by atoms with Crippen LogP contribution >= 0.6 is 12.4 Å². The van der Waals surface area contributed by atoms with E-state index in [0.29, 0.717) is 18.4 Å². The molecule has 22 heavy (non-hydrogen) atoms. The van der Waals surface area contributed by atoms with Crippen molar-refractivity contribution < 1.29 is 18.3 Å². The summed E-state index contributed by atoms with van der Waals surface area (Å²) in [5, 5.41) is 12.2. The molecule has 1 aromatic rings. The fraction of sp³-hybridized carbons (Fsp3) is 0.600. The molecule has 2 N–H and O–H groups in total. The Balaban J connectivity index is 0.00000242. The van der Waals surface area contributed by atoms with E-state index in [0.717, 1.165) is 32.2 Å². The molecule has 0 saturated carbocycles. The first kappa shape index (κ1) is 19.2. The number of hydrogen-bond acceptors (Lipinski definition) is 3. The fourth-order valence-corrected chi connectivity index (χ4v) is 2.86. The van der Waals surface area contributed by atoms with Gasteiger partial charge in [0.1, 0.15) is 0 Å². The highest BCUT2D eigenvalue weighted by Crippen LogP contribution is 2.37. The molecule has 0 aliphatic carbocycles. The van der Waals surface area contributed by atoms with E-state index in [1.165, 1.54) is 6.07 Å². The standard InChI is InChI=1S/C15H21F3N2O.ClH/c16-15(17,18)13-5-2-1-4-12(13)14(6-3-11-21)20-9-7-19-8-10-20;/h1-2,4-5,14,19,21H,3,6-11H2;1H/t14-;/m0./s1. The third-order valence-electron chi connectivity index (χ3n) is 3.85. The van der Waals surface area contributed by atoms with Crippen LogP contribution in [0.25, 0.3) is 0 Å². The second-order valence-corrected chi connectivity index (χ2v) is 5.25. The Morgan fingerprint density at radius 2 is 1.82 bits per heavy atom. The summed E-state index contributed by atoms with van der Waals surface area (Å²) in [5.41, 5.74) is -0.244. The van der Waals surface area contributed by atoms with Crippen LogP contribution in [0.5, 0.6) is 0 Å². The number of nitrogens with zero attached hydrogens (tertiary/aromatic N) is 1. The minimum atomic E-state index is -4.35. The molecule has 0 aromatic heterocycles. The molecule has 1 saturated heterocycles. The summed E-state index contributed by atoms with van der Waals surface area (Å²) in [6, 6.07) is 5.49. The van der Waals surface area contributed by atoms with Crippen molar-refractivity contribution in [2.75, 3.05) is 32.8 Å². The van der Waals surface area contributed by atoms with Gasteiger partial charge in [0.2, 0.25) is 0 Å². The fourth-order valence-electron chi connectivity index (χ4n) is 2.86. The molecular formula is C15H22ClF3N2O. The van der Waals surface area contributed by atoms with Crippen molar-refractivity contribution in [1.29, 1.82) is 0 Å². The summed E-state index contributed by atoms with van der Waals surface area (Å²) in [5.74, 6) is 0. The van der Waals surface area contributed by atoms with Gasteiger partial charge in [-0.1, -0.05) is 18.2 Å². The number of hydrogen-bond donors (Lipinski definition) is 2. The van der Waals surface area contributed by atoms with Gasteiger partial charge in [-0.3, -0.25) is 4.90 Å². The summed E-state index contributed by atoms with van der Waals surface area (Å²) >= 11 is 0. The highest BCUT2D eigenvalue weighted by atomic mass is 35.5. The third-order valence-corrected chi connectivity index (χ3v) is 3.85. The van der Waals surface area contributed by atoms with Crippen LogP contribution in [0.2, 0.25) is 0 Å². The zero-order valence-electron chi connectivity index (χ0n) is 12.3. The molecule has 0 radical (unpaired) electrons. The smallest absolute Gasteiger partial charge is 0.396 e. The van der Waals surface area contributed by atoms with E-state index in [4.69, 9.17) is 5.11 Å². The van der Waals surface area contributed by atoms with Crippen LogP contribution in [0.1, 0.15) is 30.0 Å². The lowest BCUT2D eigenvalue weighted by Gasteiger charge is -2.36. The minimum Gasteiger partial charge on any atom is -0.396 e. The van der Waals surface area contributed by atoms with Gasteiger partial charge in [0.05, 0.1) is 5.56 Å². The van der Waals surface area contributed by atoms with E-state index in [-0.39, 0.29) is 25.1 Å². The van der Waals surface area contributed by atoms with Gasteiger partial charge in [-0.05, 0) is 24.5 Å². The lowest BCUT2D eigenvalue weighted by molar-refractivity contribution is -0.138. The molecule has 1 atom stereocenters. The number of piperazine rings is 1. The van der Waals surface area contributed by atoms with Crippen LogP contribution in [0.4, 0.5) is 13.2 Å². The maximum atomic E-state index is 13.2. The summed E-state index contributed by atoms with van der Waals surface area (Å²) in [6.07, 6.45) is -3.31. The number of alkyl halides is 3. The van der Waals surface area contributed by atoms with Gasteiger partial charge in [-0.25, -0.2) is 0 Å². The molecule has 7 heteroatoms. The van der Waals surface area contributed by atoms with E-state index >= 15 is 0 Å². The molecule has 0 bridgehead atoms. The van der Waals surface area contributed by atoms with Crippen molar-refractivity contribution in [3.05, 3.63) is 35.4 Å². The molecule has 1 aliphatic rings. The SMILES string of the molecule is Cl.OCCC[C@@H](c1ccccc1C(F)(F)F)N1CCNCC1. The molecular weight excluding hydrogens is 317 g/mol. The summed E-state index contributed by atoms with van der Waals surface area (Å²) in [4.78, 5) is 2.08. The van der Waals surface area contributed by atoms with Crippen LogP contribution in [0.3, 0.4) is 0 Å². The third kappa shape index (κ3) is 4.84. The normalized spacial score (nSPS) is 17.8. The van der Waals surface area contributed by atoms with Crippen molar-refractivity contribution >= 4 is 12.4 Å². The van der Waals surface area contributed by atoms with E-state index in [1.54, 1.807) is 12.1 Å². The van der Waals surface area contributed by atoms with Crippen LogP contribution in [0, 0.1) is 0 Å². The molecule has 1 aliphatic heterocycles. The summed E-state index contributed by atoms with van der Waals surface area (Å²) in [7, 11) is 0. The number of benzene rings is 1. The average molecular weight is 339 g/mol. The first-order valence-electron chi connectivity index (χ1n) is 7.26. The molecule has 0 unspecified atom stereocenters. The topological polar surface area (TPSA) is 35.5 Å². The Morgan fingerprint density at radius 1 is 1.18 bits per heavy atom. The quantitative estimate of drug-likeness (QED) is 0.866. The van der Waals surface area contributed by atoms with Gasteiger partial charge in [0.25, 0.3) is 0 Å². The van der Waals surface area contributed by atoms with Gasteiger partial charge in [-0.15, -0.1) is 12.4 Å². The second-order valence-electron chi connectivity index (χ2n) is 5.25. The van der Waals surface area contributed by atoms with Crippen molar-refractivity contribution in [3.63, 3.8) is 0 Å². The first-order valence-corrected chi connectivity index (χ1v) is 7.26. The highest BCUT2D eigenvalue weighted by Gasteiger charge is 2.36. The zero-order valence-corrected chi connectivity index (χ0v) is 13.1. The largest absolute Gasteiger partial charge is 0.416 e. The number of aliphatic hydroxyl groups is 1. The lowest BCUT2D eigenvalue weighted by atomic mass is 9.94. The van der Waals surface area contributed by atoms with Gasteiger partial charge in [0.15, 0.2) is 0 Å². The maximum absolute atomic E-state index is 13.2. The van der Waals surface area contributed by atoms with Crippen molar-refractivity contribution in [3.8, 4) is 0 Å². The Kier molecular flexibility index (Phi) is 7.62. The molecule has 1 heterocycles.